The second-order valence-corrected chi connectivity index (χ2v) is 6.33. The van der Waals surface area contributed by atoms with Crippen LogP contribution < -0.4 is 15.5 Å². The summed E-state index contributed by atoms with van der Waals surface area (Å²) in [6.07, 6.45) is -4.65. The van der Waals surface area contributed by atoms with Crippen molar-refractivity contribution in [3.63, 3.8) is 0 Å². The van der Waals surface area contributed by atoms with Crippen LogP contribution in [0.25, 0.3) is 0 Å². The Morgan fingerprint density at radius 1 is 1.15 bits per heavy atom. The molecule has 10 heteroatoms. The van der Waals surface area contributed by atoms with E-state index in [1.807, 2.05) is 5.32 Å². The van der Waals surface area contributed by atoms with E-state index in [-0.39, 0.29) is 17.9 Å². The summed E-state index contributed by atoms with van der Waals surface area (Å²) in [4.78, 5) is 38.3. The maximum Gasteiger partial charge on any atom is 0.449 e. The second kappa shape index (κ2) is 5.35. The molecule has 1 saturated heterocycles. The SMILES string of the molecule is Cc1ccc2c(c1)C1(NC(=O)NC1=O)C(=O)N2Cc1ccc(C(F)(F)F)o1. The molecule has 2 aliphatic heterocycles. The van der Waals surface area contributed by atoms with Crippen LogP contribution in [-0.4, -0.2) is 17.8 Å². The Labute approximate surface area is 150 Å². The summed E-state index contributed by atoms with van der Waals surface area (Å²) in [5, 5.41) is 4.40. The van der Waals surface area contributed by atoms with E-state index in [1.54, 1.807) is 25.1 Å². The topological polar surface area (TPSA) is 91.7 Å². The number of alkyl halides is 3. The highest BCUT2D eigenvalue weighted by Crippen LogP contribution is 2.43. The molecule has 4 amide bonds. The van der Waals surface area contributed by atoms with Crippen molar-refractivity contribution in [3.8, 4) is 0 Å². The molecule has 7 nitrogen and oxygen atoms in total. The van der Waals surface area contributed by atoms with Gasteiger partial charge in [-0.2, -0.15) is 13.2 Å². The number of hydrogen-bond acceptors (Lipinski definition) is 4. The van der Waals surface area contributed by atoms with Crippen LogP contribution in [0, 0.1) is 6.92 Å². The van der Waals surface area contributed by atoms with Crippen molar-refractivity contribution in [2.24, 2.45) is 0 Å². The lowest BCUT2D eigenvalue weighted by Gasteiger charge is -2.20. The van der Waals surface area contributed by atoms with Crippen LogP contribution in [0.5, 0.6) is 0 Å². The van der Waals surface area contributed by atoms with Gasteiger partial charge in [-0.1, -0.05) is 17.7 Å². The van der Waals surface area contributed by atoms with Crippen LogP contribution in [0.2, 0.25) is 0 Å². The van der Waals surface area contributed by atoms with Crippen LogP contribution in [0.1, 0.15) is 22.6 Å². The number of nitrogens with one attached hydrogen (secondary N) is 2. The van der Waals surface area contributed by atoms with Gasteiger partial charge in [0.15, 0.2) is 0 Å². The number of amides is 4. The molecule has 0 aliphatic carbocycles. The number of carbonyl (C=O) groups excluding carboxylic acids is 3. The van der Waals surface area contributed by atoms with Gasteiger partial charge in [0.2, 0.25) is 11.3 Å². The number of nitrogens with zero attached hydrogens (tertiary/aromatic N) is 1. The van der Waals surface area contributed by atoms with Crippen molar-refractivity contribution >= 4 is 23.5 Å². The van der Waals surface area contributed by atoms with Gasteiger partial charge < -0.3 is 14.6 Å². The number of carbonyl (C=O) groups is 3. The number of halogens is 3. The van der Waals surface area contributed by atoms with Crippen LogP contribution in [0.4, 0.5) is 23.7 Å². The molecule has 1 aromatic heterocycles. The number of aryl methyl sites for hydroxylation is 1. The standard InChI is InChI=1S/C17H12F3N3O4/c1-8-2-4-11-10(6-8)16(13(24)21-15(26)22-16)14(25)23(11)7-9-3-5-12(27-9)17(18,19)20/h2-6H,7H2,1H3,(H2,21,22,24,26). The summed E-state index contributed by atoms with van der Waals surface area (Å²) in [5.74, 6) is -2.89. The maximum atomic E-state index is 13.0. The van der Waals surface area contributed by atoms with Crippen molar-refractivity contribution in [3.05, 3.63) is 53.0 Å². The molecule has 1 atom stereocenters. The Morgan fingerprint density at radius 2 is 1.89 bits per heavy atom. The molecule has 1 fully saturated rings. The molecule has 2 N–H and O–H groups in total. The van der Waals surface area contributed by atoms with Gasteiger partial charge in [-0.15, -0.1) is 0 Å². The van der Waals surface area contributed by atoms with E-state index in [9.17, 15) is 27.6 Å². The van der Waals surface area contributed by atoms with Gasteiger partial charge in [-0.3, -0.25) is 14.9 Å². The molecular weight excluding hydrogens is 367 g/mol. The summed E-state index contributed by atoms with van der Waals surface area (Å²) in [6, 6.07) is 5.91. The number of fused-ring (bicyclic) bond motifs is 2. The average molecular weight is 379 g/mol. The van der Waals surface area contributed by atoms with Gasteiger partial charge in [0.1, 0.15) is 5.76 Å². The van der Waals surface area contributed by atoms with Gasteiger partial charge in [0.25, 0.3) is 11.8 Å². The number of urea groups is 1. The maximum absolute atomic E-state index is 13.0. The third kappa shape index (κ3) is 2.40. The first-order chi connectivity index (χ1) is 12.6. The van der Waals surface area contributed by atoms with E-state index in [2.05, 4.69) is 5.32 Å². The summed E-state index contributed by atoms with van der Waals surface area (Å²) in [6.45, 7) is 1.42. The summed E-state index contributed by atoms with van der Waals surface area (Å²) < 4.78 is 43.0. The zero-order chi connectivity index (χ0) is 19.6. The Kier molecular flexibility index (Phi) is 3.39. The van der Waals surface area contributed by atoms with Crippen LogP contribution >= 0.6 is 0 Å². The van der Waals surface area contributed by atoms with E-state index in [0.29, 0.717) is 5.69 Å². The monoisotopic (exact) mass is 379 g/mol. The third-order valence-corrected chi connectivity index (χ3v) is 4.54. The van der Waals surface area contributed by atoms with Crippen molar-refractivity contribution in [2.45, 2.75) is 25.2 Å². The number of anilines is 1. The van der Waals surface area contributed by atoms with Crippen molar-refractivity contribution in [2.75, 3.05) is 4.90 Å². The first-order valence-corrected chi connectivity index (χ1v) is 7.85. The van der Waals surface area contributed by atoms with Gasteiger partial charge in [-0.05, 0) is 25.1 Å². The minimum Gasteiger partial charge on any atom is -0.455 e. The zero-order valence-corrected chi connectivity index (χ0v) is 13.8. The van der Waals surface area contributed by atoms with Gasteiger partial charge in [0, 0.05) is 5.56 Å². The van der Waals surface area contributed by atoms with Crippen molar-refractivity contribution in [1.29, 1.82) is 0 Å². The lowest BCUT2D eigenvalue weighted by atomic mass is 9.90. The lowest BCUT2D eigenvalue weighted by molar-refractivity contribution is -0.153. The quantitative estimate of drug-likeness (QED) is 0.618. The van der Waals surface area contributed by atoms with Crippen LogP contribution in [0.3, 0.4) is 0 Å². The van der Waals surface area contributed by atoms with Crippen molar-refractivity contribution < 1.29 is 32.0 Å². The minimum atomic E-state index is -4.65. The highest BCUT2D eigenvalue weighted by Gasteiger charge is 2.61. The molecule has 0 bridgehead atoms. The smallest absolute Gasteiger partial charge is 0.449 e. The molecule has 0 radical (unpaired) electrons. The largest absolute Gasteiger partial charge is 0.455 e. The van der Waals surface area contributed by atoms with E-state index in [4.69, 9.17) is 4.42 Å². The third-order valence-electron chi connectivity index (χ3n) is 4.54. The molecule has 140 valence electrons. The molecule has 1 spiro atoms. The van der Waals surface area contributed by atoms with Crippen LogP contribution in [-0.2, 0) is 27.8 Å². The number of imide groups is 1. The molecule has 1 unspecified atom stereocenters. The normalized spacial score (nSPS) is 21.6. The van der Waals surface area contributed by atoms with E-state index in [1.165, 1.54) is 0 Å². The number of hydrogen-bond donors (Lipinski definition) is 2. The highest BCUT2D eigenvalue weighted by atomic mass is 19.4. The predicted molar refractivity (Wildman–Crippen MR) is 84.4 cm³/mol. The fourth-order valence-corrected chi connectivity index (χ4v) is 3.34. The Morgan fingerprint density at radius 3 is 2.48 bits per heavy atom. The molecule has 2 aliphatic rings. The molecule has 0 saturated carbocycles. The second-order valence-electron chi connectivity index (χ2n) is 6.33. The van der Waals surface area contributed by atoms with Crippen molar-refractivity contribution in [1.82, 2.24) is 10.6 Å². The average Bonchev–Trinajstić information content (AvgIpc) is 3.21. The zero-order valence-electron chi connectivity index (χ0n) is 13.8. The Balaban J connectivity index is 1.77. The molecule has 27 heavy (non-hydrogen) atoms. The number of benzene rings is 1. The van der Waals surface area contributed by atoms with E-state index < -0.39 is 35.3 Å². The summed E-state index contributed by atoms with van der Waals surface area (Å²) >= 11 is 0. The Hall–Kier alpha value is -3.30. The summed E-state index contributed by atoms with van der Waals surface area (Å²) in [5.41, 5.74) is -0.613. The fraction of sp³-hybridized carbons (Fsp3) is 0.235. The highest BCUT2D eigenvalue weighted by molar-refractivity contribution is 6.27. The molecule has 3 heterocycles. The molecule has 1 aromatic carbocycles. The van der Waals surface area contributed by atoms with E-state index >= 15 is 0 Å². The fourth-order valence-electron chi connectivity index (χ4n) is 3.34. The first kappa shape index (κ1) is 17.1. The first-order valence-electron chi connectivity index (χ1n) is 7.85. The van der Waals surface area contributed by atoms with E-state index in [0.717, 1.165) is 22.6 Å². The summed E-state index contributed by atoms with van der Waals surface area (Å²) in [7, 11) is 0. The van der Waals surface area contributed by atoms with Gasteiger partial charge in [0.05, 0.1) is 12.2 Å². The molecule has 4 rings (SSSR count). The number of furan rings is 1. The lowest BCUT2D eigenvalue weighted by Crippen LogP contribution is -2.52. The molecule has 2 aromatic rings. The van der Waals surface area contributed by atoms with Gasteiger partial charge >= 0.3 is 12.2 Å². The van der Waals surface area contributed by atoms with Gasteiger partial charge in [-0.25, -0.2) is 4.79 Å². The Bertz CT molecular complexity index is 998. The minimum absolute atomic E-state index is 0.107. The number of rotatable bonds is 2. The molecular formula is C17H12F3N3O4. The predicted octanol–water partition coefficient (Wildman–Crippen LogP) is 2.19. The van der Waals surface area contributed by atoms with Crippen LogP contribution in [0.15, 0.2) is 34.7 Å².